The van der Waals surface area contributed by atoms with E-state index in [1.165, 1.54) is 0 Å². The molecule has 1 unspecified atom stereocenters. The van der Waals surface area contributed by atoms with Crippen LogP contribution in [0.3, 0.4) is 0 Å². The molecule has 5 heteroatoms. The zero-order valence-corrected chi connectivity index (χ0v) is 16.9. The topological polar surface area (TPSA) is 55.7 Å². The second-order valence-corrected chi connectivity index (χ2v) is 8.13. The number of ether oxygens (including phenoxy) is 1. The molecule has 132 valence electrons. The second-order valence-electron chi connectivity index (χ2n) is 6.88. The lowest BCUT2D eigenvalue weighted by molar-refractivity contribution is -0.150. The highest BCUT2D eigenvalue weighted by Crippen LogP contribution is 2.43. The largest absolute Gasteiger partial charge is 0.462 e. The summed E-state index contributed by atoms with van der Waals surface area (Å²) < 4.78 is 6.61. The molecule has 4 nitrogen and oxygen atoms in total. The van der Waals surface area contributed by atoms with Crippen LogP contribution in [0.25, 0.3) is 0 Å². The fraction of sp³-hybridized carbons (Fsp3) is 0.450. The lowest BCUT2D eigenvalue weighted by Crippen LogP contribution is -2.38. The Morgan fingerprint density at radius 2 is 1.92 bits per heavy atom. The number of hydrogen-bond acceptors (Lipinski definition) is 4. The number of halogens is 1. The molecule has 1 aromatic rings. The molecule has 0 saturated carbocycles. The summed E-state index contributed by atoms with van der Waals surface area (Å²) in [6, 6.07) is 8.03. The average molecular weight is 451 g/mol. The Balaban J connectivity index is 2.12. The third-order valence-corrected chi connectivity index (χ3v) is 5.39. The smallest absolute Gasteiger partial charge is 0.315 e. The van der Waals surface area contributed by atoms with E-state index in [0.29, 0.717) is 12.0 Å². The van der Waals surface area contributed by atoms with Crippen molar-refractivity contribution in [1.29, 1.82) is 0 Å². The lowest BCUT2D eigenvalue weighted by Gasteiger charge is -2.34. The molecule has 1 aromatic carbocycles. The van der Waals surface area contributed by atoms with Crippen LogP contribution in [-0.2, 0) is 14.3 Å². The number of nitrogens with zero attached hydrogens (tertiary/aromatic N) is 1. The van der Waals surface area contributed by atoms with Gasteiger partial charge in [-0.3, -0.25) is 14.6 Å². The van der Waals surface area contributed by atoms with Gasteiger partial charge in [0.1, 0.15) is 5.92 Å². The first-order chi connectivity index (χ1) is 11.9. The van der Waals surface area contributed by atoms with Crippen LogP contribution in [0.4, 0.5) is 0 Å². The van der Waals surface area contributed by atoms with Crippen LogP contribution in [0.5, 0.6) is 0 Å². The van der Waals surface area contributed by atoms with Crippen LogP contribution < -0.4 is 0 Å². The highest BCUT2D eigenvalue weighted by Gasteiger charge is 2.43. The number of ketones is 1. The van der Waals surface area contributed by atoms with E-state index in [-0.39, 0.29) is 23.8 Å². The lowest BCUT2D eigenvalue weighted by atomic mass is 9.72. The van der Waals surface area contributed by atoms with Crippen LogP contribution >= 0.6 is 22.6 Å². The number of esters is 1. The van der Waals surface area contributed by atoms with E-state index < -0.39 is 5.92 Å². The Morgan fingerprint density at radius 1 is 1.24 bits per heavy atom. The molecule has 2 atom stereocenters. The maximum Gasteiger partial charge on any atom is 0.315 e. The summed E-state index contributed by atoms with van der Waals surface area (Å²) in [6.45, 7) is 5.54. The number of benzene rings is 1. The molecular weight excluding hydrogens is 429 g/mol. The fourth-order valence-electron chi connectivity index (χ4n) is 3.65. The number of carbonyl (C=O) groups excluding carboxylic acids is 2. The highest BCUT2D eigenvalue weighted by atomic mass is 127. The minimum absolute atomic E-state index is 0.114. The number of Topliss-reactive ketones (excluding diaryl/α,β-unsaturated/α-hetero) is 1. The van der Waals surface area contributed by atoms with E-state index >= 15 is 0 Å². The first-order valence-electron chi connectivity index (χ1n) is 8.66. The van der Waals surface area contributed by atoms with Crippen molar-refractivity contribution in [2.24, 2.45) is 10.9 Å². The predicted octanol–water partition coefficient (Wildman–Crippen LogP) is 4.42. The summed E-state index contributed by atoms with van der Waals surface area (Å²) in [5, 5.41) is 0. The van der Waals surface area contributed by atoms with Crippen molar-refractivity contribution >= 4 is 40.1 Å². The van der Waals surface area contributed by atoms with Crippen molar-refractivity contribution in [1.82, 2.24) is 0 Å². The molecule has 0 radical (unpaired) electrons. The van der Waals surface area contributed by atoms with Gasteiger partial charge < -0.3 is 4.74 Å². The molecule has 1 aliphatic carbocycles. The molecule has 0 amide bonds. The number of carbonyl (C=O) groups is 2. The zero-order valence-electron chi connectivity index (χ0n) is 14.7. The van der Waals surface area contributed by atoms with Crippen LogP contribution in [0.2, 0.25) is 0 Å². The van der Waals surface area contributed by atoms with Gasteiger partial charge in [-0.2, -0.15) is 0 Å². The van der Waals surface area contributed by atoms with Crippen molar-refractivity contribution in [3.8, 4) is 0 Å². The van der Waals surface area contributed by atoms with Gasteiger partial charge in [0.25, 0.3) is 0 Å². The van der Waals surface area contributed by atoms with Gasteiger partial charge >= 0.3 is 5.97 Å². The normalized spacial score (nSPS) is 23.4. The first kappa shape index (κ1) is 18.3. The predicted molar refractivity (Wildman–Crippen MR) is 106 cm³/mol. The molecule has 0 saturated heterocycles. The Bertz CT molecular complexity index is 762. The molecule has 3 rings (SSSR count). The van der Waals surface area contributed by atoms with E-state index in [1.807, 2.05) is 45.0 Å². The van der Waals surface area contributed by atoms with Crippen LogP contribution in [0.1, 0.15) is 51.5 Å². The summed E-state index contributed by atoms with van der Waals surface area (Å²) in [7, 11) is 0. The molecule has 0 bridgehead atoms. The maximum absolute atomic E-state index is 12.8. The molecule has 0 N–H and O–H groups in total. The van der Waals surface area contributed by atoms with Gasteiger partial charge in [0, 0.05) is 32.9 Å². The maximum atomic E-state index is 12.8. The van der Waals surface area contributed by atoms with E-state index in [4.69, 9.17) is 4.74 Å². The van der Waals surface area contributed by atoms with E-state index in [9.17, 15) is 9.59 Å². The zero-order chi connectivity index (χ0) is 18.1. The number of hydrogen-bond donors (Lipinski definition) is 0. The minimum Gasteiger partial charge on any atom is -0.462 e. The van der Waals surface area contributed by atoms with Gasteiger partial charge in [-0.05, 0) is 73.9 Å². The average Bonchev–Trinajstić information content (AvgIpc) is 2.53. The van der Waals surface area contributed by atoms with E-state index in [2.05, 4.69) is 27.6 Å². The van der Waals surface area contributed by atoms with Crippen molar-refractivity contribution < 1.29 is 14.3 Å². The van der Waals surface area contributed by atoms with Gasteiger partial charge in [0.05, 0.1) is 6.10 Å². The van der Waals surface area contributed by atoms with Gasteiger partial charge in [-0.1, -0.05) is 12.1 Å². The Labute approximate surface area is 161 Å². The summed E-state index contributed by atoms with van der Waals surface area (Å²) >= 11 is 2.25. The first-order valence-corrected chi connectivity index (χ1v) is 9.73. The third-order valence-electron chi connectivity index (χ3n) is 4.67. The van der Waals surface area contributed by atoms with Crippen molar-refractivity contribution in [2.75, 3.05) is 0 Å². The Kier molecular flexibility index (Phi) is 5.41. The number of rotatable bonds is 3. The summed E-state index contributed by atoms with van der Waals surface area (Å²) in [5.74, 6) is -1.03. The highest BCUT2D eigenvalue weighted by molar-refractivity contribution is 14.1. The molecule has 1 aliphatic heterocycles. The third kappa shape index (κ3) is 3.71. The number of aliphatic imine (C=N–C) groups is 1. The summed E-state index contributed by atoms with van der Waals surface area (Å²) in [6.07, 6.45) is 1.95. The van der Waals surface area contributed by atoms with Crippen LogP contribution in [-0.4, -0.2) is 23.6 Å². The van der Waals surface area contributed by atoms with Gasteiger partial charge in [-0.25, -0.2) is 0 Å². The van der Waals surface area contributed by atoms with Crippen molar-refractivity contribution in [3.63, 3.8) is 0 Å². The molecule has 0 fully saturated rings. The van der Waals surface area contributed by atoms with Gasteiger partial charge in [0.2, 0.25) is 0 Å². The molecular formula is C20H22INO3. The number of allylic oxidation sites excluding steroid dienone is 2. The van der Waals surface area contributed by atoms with E-state index in [1.54, 1.807) is 0 Å². The van der Waals surface area contributed by atoms with Crippen molar-refractivity contribution in [3.05, 3.63) is 44.7 Å². The molecule has 2 aliphatic rings. The van der Waals surface area contributed by atoms with E-state index in [0.717, 1.165) is 33.4 Å². The quantitative estimate of drug-likeness (QED) is 0.505. The van der Waals surface area contributed by atoms with Gasteiger partial charge in [-0.15, -0.1) is 0 Å². The van der Waals surface area contributed by atoms with Gasteiger partial charge in [0.15, 0.2) is 5.78 Å². The van der Waals surface area contributed by atoms with Crippen molar-refractivity contribution in [2.45, 2.75) is 52.1 Å². The molecule has 0 aromatic heterocycles. The fourth-order valence-corrected chi connectivity index (χ4v) is 4.01. The van der Waals surface area contributed by atoms with Crippen LogP contribution in [0, 0.1) is 9.49 Å². The molecule has 25 heavy (non-hydrogen) atoms. The Morgan fingerprint density at radius 3 is 2.56 bits per heavy atom. The molecule has 1 heterocycles. The second kappa shape index (κ2) is 7.40. The van der Waals surface area contributed by atoms with Crippen LogP contribution in [0.15, 0.2) is 40.5 Å². The SMILES string of the molecule is CC1=NC2=C(C(=O)CCC2)[C@H](c2ccc(I)cc2)C1C(=O)OC(C)C. The standard InChI is InChI=1S/C20H22INO3/c1-11(2)25-20(24)17-12(3)22-15-5-4-6-16(23)19(15)18(17)13-7-9-14(21)10-8-13/h7-11,17-18H,4-6H2,1-3H3/t17?,18-/m1/s1. The molecule has 0 spiro atoms. The minimum atomic E-state index is -0.539. The summed E-state index contributed by atoms with van der Waals surface area (Å²) in [4.78, 5) is 30.1. The Hall–Kier alpha value is -1.50. The summed E-state index contributed by atoms with van der Waals surface area (Å²) in [5.41, 5.74) is 3.28. The monoisotopic (exact) mass is 451 g/mol.